The Bertz CT molecular complexity index is 671. The lowest BCUT2D eigenvalue weighted by molar-refractivity contribution is 0.0726. The minimum Gasteiger partial charge on any atom is -0.334 e. The van der Waals surface area contributed by atoms with E-state index in [1.807, 2.05) is 30.3 Å². The number of hydrogen-bond acceptors (Lipinski definition) is 1. The van der Waals surface area contributed by atoms with Crippen molar-refractivity contribution in [3.63, 3.8) is 0 Å². The Kier molecular flexibility index (Phi) is 3.57. The molecular formula is C16H13BrFNO. The third-order valence-electron chi connectivity index (χ3n) is 3.58. The number of rotatable bonds is 2. The molecule has 20 heavy (non-hydrogen) atoms. The van der Waals surface area contributed by atoms with E-state index in [9.17, 15) is 9.18 Å². The van der Waals surface area contributed by atoms with E-state index in [1.165, 1.54) is 6.07 Å². The zero-order chi connectivity index (χ0) is 14.1. The number of carbonyl (C=O) groups is 1. The highest BCUT2D eigenvalue weighted by molar-refractivity contribution is 9.10. The van der Waals surface area contributed by atoms with Crippen LogP contribution in [0.25, 0.3) is 0 Å². The summed E-state index contributed by atoms with van der Waals surface area (Å²) in [4.78, 5) is 14.2. The van der Waals surface area contributed by atoms with Gasteiger partial charge in [-0.1, -0.05) is 30.3 Å². The molecule has 3 rings (SSSR count). The molecule has 0 bridgehead atoms. The summed E-state index contributed by atoms with van der Waals surface area (Å²) in [5.41, 5.74) is 2.64. The van der Waals surface area contributed by atoms with Gasteiger partial charge in [-0.05, 0) is 45.6 Å². The molecule has 2 aromatic carbocycles. The van der Waals surface area contributed by atoms with Crippen molar-refractivity contribution in [2.75, 3.05) is 6.54 Å². The first-order chi connectivity index (χ1) is 9.66. The molecule has 0 saturated carbocycles. The molecule has 0 aromatic heterocycles. The maximum Gasteiger partial charge on any atom is 0.254 e. The Morgan fingerprint density at radius 3 is 2.80 bits per heavy atom. The van der Waals surface area contributed by atoms with Gasteiger partial charge in [-0.15, -0.1) is 0 Å². The topological polar surface area (TPSA) is 20.3 Å². The molecule has 1 aliphatic heterocycles. The average molecular weight is 334 g/mol. The van der Waals surface area contributed by atoms with E-state index in [0.29, 0.717) is 17.6 Å². The van der Waals surface area contributed by atoms with Crippen LogP contribution >= 0.6 is 15.9 Å². The van der Waals surface area contributed by atoms with Crippen LogP contribution < -0.4 is 0 Å². The van der Waals surface area contributed by atoms with Crippen molar-refractivity contribution in [3.8, 4) is 0 Å². The smallest absolute Gasteiger partial charge is 0.254 e. The molecule has 2 aromatic rings. The number of hydrogen-bond donors (Lipinski definition) is 0. The van der Waals surface area contributed by atoms with Crippen molar-refractivity contribution >= 4 is 21.8 Å². The fourth-order valence-electron chi connectivity index (χ4n) is 2.50. The minimum atomic E-state index is -0.299. The van der Waals surface area contributed by atoms with Gasteiger partial charge in [-0.25, -0.2) is 4.39 Å². The predicted molar refractivity (Wildman–Crippen MR) is 79.0 cm³/mol. The number of halogens is 2. The van der Waals surface area contributed by atoms with Crippen molar-refractivity contribution < 1.29 is 9.18 Å². The third kappa shape index (κ3) is 2.36. The Labute approximate surface area is 125 Å². The molecule has 0 atom stereocenters. The highest BCUT2D eigenvalue weighted by Crippen LogP contribution is 2.25. The quantitative estimate of drug-likeness (QED) is 0.818. The van der Waals surface area contributed by atoms with Crippen molar-refractivity contribution in [2.24, 2.45) is 0 Å². The maximum absolute atomic E-state index is 13.5. The van der Waals surface area contributed by atoms with Crippen LogP contribution in [0, 0.1) is 5.82 Å². The highest BCUT2D eigenvalue weighted by atomic mass is 79.9. The number of benzene rings is 2. The minimum absolute atomic E-state index is 0.0167. The number of amides is 1. The SMILES string of the molecule is O=C1c2ccccc2CCN1Cc1cccc(F)c1Br. The molecule has 0 unspecified atom stereocenters. The maximum atomic E-state index is 13.5. The van der Waals surface area contributed by atoms with Gasteiger partial charge in [0.05, 0.1) is 4.47 Å². The molecule has 0 saturated heterocycles. The summed E-state index contributed by atoms with van der Waals surface area (Å²) in [5, 5.41) is 0. The van der Waals surface area contributed by atoms with Gasteiger partial charge < -0.3 is 4.90 Å². The average Bonchev–Trinajstić information content (AvgIpc) is 2.47. The number of nitrogens with zero attached hydrogens (tertiary/aromatic N) is 1. The Balaban J connectivity index is 1.87. The van der Waals surface area contributed by atoms with Crippen LogP contribution in [-0.4, -0.2) is 17.4 Å². The predicted octanol–water partition coefficient (Wildman–Crippen LogP) is 3.79. The van der Waals surface area contributed by atoms with Crippen molar-refractivity contribution in [2.45, 2.75) is 13.0 Å². The third-order valence-corrected chi connectivity index (χ3v) is 4.47. The highest BCUT2D eigenvalue weighted by Gasteiger charge is 2.24. The zero-order valence-electron chi connectivity index (χ0n) is 10.8. The summed E-state index contributed by atoms with van der Waals surface area (Å²) >= 11 is 3.25. The van der Waals surface area contributed by atoms with E-state index in [0.717, 1.165) is 23.1 Å². The molecule has 1 amide bonds. The number of carbonyl (C=O) groups excluding carboxylic acids is 1. The van der Waals surface area contributed by atoms with Crippen molar-refractivity contribution in [1.29, 1.82) is 0 Å². The normalized spacial score (nSPS) is 14.3. The van der Waals surface area contributed by atoms with Crippen LogP contribution in [0.15, 0.2) is 46.9 Å². The first-order valence-corrected chi connectivity index (χ1v) is 7.26. The summed E-state index contributed by atoms with van der Waals surface area (Å²) in [6.07, 6.45) is 0.842. The van der Waals surface area contributed by atoms with E-state index in [4.69, 9.17) is 0 Å². The molecule has 102 valence electrons. The number of fused-ring (bicyclic) bond motifs is 1. The van der Waals surface area contributed by atoms with Crippen LogP contribution in [0.5, 0.6) is 0 Å². The van der Waals surface area contributed by atoms with Crippen LogP contribution in [0.3, 0.4) is 0 Å². The molecule has 0 radical (unpaired) electrons. The van der Waals surface area contributed by atoms with Gasteiger partial charge in [0.1, 0.15) is 5.82 Å². The second kappa shape index (κ2) is 5.37. The monoisotopic (exact) mass is 333 g/mol. The van der Waals surface area contributed by atoms with E-state index in [-0.39, 0.29) is 11.7 Å². The largest absolute Gasteiger partial charge is 0.334 e. The molecule has 0 spiro atoms. The van der Waals surface area contributed by atoms with Gasteiger partial charge in [0.25, 0.3) is 5.91 Å². The van der Waals surface area contributed by atoms with Crippen molar-refractivity contribution in [3.05, 3.63) is 69.4 Å². The lowest BCUT2D eigenvalue weighted by Gasteiger charge is -2.29. The fraction of sp³-hybridized carbons (Fsp3) is 0.188. The Hall–Kier alpha value is -1.68. The molecule has 0 aliphatic carbocycles. The van der Waals surface area contributed by atoms with Gasteiger partial charge in [0.2, 0.25) is 0 Å². The van der Waals surface area contributed by atoms with E-state index in [2.05, 4.69) is 15.9 Å². The summed E-state index contributed by atoms with van der Waals surface area (Å²) in [6.45, 7) is 1.09. The van der Waals surface area contributed by atoms with Crippen LogP contribution in [0.1, 0.15) is 21.5 Å². The first kappa shape index (κ1) is 13.3. The Morgan fingerprint density at radius 2 is 1.95 bits per heavy atom. The van der Waals surface area contributed by atoms with Gasteiger partial charge >= 0.3 is 0 Å². The first-order valence-electron chi connectivity index (χ1n) is 6.47. The van der Waals surface area contributed by atoms with Crippen molar-refractivity contribution in [1.82, 2.24) is 4.90 Å². The van der Waals surface area contributed by atoms with Gasteiger partial charge in [-0.3, -0.25) is 4.79 Å². The standard InChI is InChI=1S/C16H13BrFNO/c17-15-12(5-3-7-14(15)18)10-19-9-8-11-4-1-2-6-13(11)16(19)20/h1-7H,8-10H2. The fourth-order valence-corrected chi connectivity index (χ4v) is 2.89. The van der Waals surface area contributed by atoms with Gasteiger partial charge in [-0.2, -0.15) is 0 Å². The second-order valence-corrected chi connectivity index (χ2v) is 5.64. The molecule has 0 N–H and O–H groups in total. The summed E-state index contributed by atoms with van der Waals surface area (Å²) in [6, 6.07) is 12.6. The molecular weight excluding hydrogens is 321 g/mol. The lowest BCUT2D eigenvalue weighted by Crippen LogP contribution is -2.37. The van der Waals surface area contributed by atoms with Gasteiger partial charge in [0, 0.05) is 18.7 Å². The van der Waals surface area contributed by atoms with E-state index >= 15 is 0 Å². The van der Waals surface area contributed by atoms with Crippen LogP contribution in [0.4, 0.5) is 4.39 Å². The molecule has 4 heteroatoms. The molecule has 1 aliphatic rings. The second-order valence-electron chi connectivity index (χ2n) is 4.85. The molecule has 2 nitrogen and oxygen atoms in total. The summed E-state index contributed by atoms with van der Waals surface area (Å²) in [7, 11) is 0. The molecule has 0 fully saturated rings. The lowest BCUT2D eigenvalue weighted by atomic mass is 9.99. The van der Waals surface area contributed by atoms with E-state index < -0.39 is 0 Å². The molecule has 1 heterocycles. The van der Waals surface area contributed by atoms with E-state index in [1.54, 1.807) is 11.0 Å². The summed E-state index contributed by atoms with van der Waals surface area (Å²) in [5.74, 6) is -0.282. The van der Waals surface area contributed by atoms with Crippen LogP contribution in [-0.2, 0) is 13.0 Å². The van der Waals surface area contributed by atoms with Crippen LogP contribution in [0.2, 0.25) is 0 Å². The van der Waals surface area contributed by atoms with Gasteiger partial charge in [0.15, 0.2) is 0 Å². The Morgan fingerprint density at radius 1 is 1.15 bits per heavy atom. The zero-order valence-corrected chi connectivity index (χ0v) is 12.4. The summed E-state index contributed by atoms with van der Waals surface area (Å²) < 4.78 is 14.0.